The maximum atomic E-state index is 5.63. The minimum absolute atomic E-state index is 0.773. The van der Waals surface area contributed by atoms with Crippen LogP contribution >= 0.6 is 22.9 Å². The summed E-state index contributed by atoms with van der Waals surface area (Å²) in [6, 6.07) is 2.02. The molecule has 1 N–H and O–H groups in total. The Hall–Kier alpha value is -0.870. The lowest BCUT2D eigenvalue weighted by Gasteiger charge is -2.05. The van der Waals surface area contributed by atoms with Crippen molar-refractivity contribution in [3.63, 3.8) is 0 Å². The Labute approximate surface area is 110 Å². The highest BCUT2D eigenvalue weighted by Gasteiger charge is 2.03. The lowest BCUT2D eigenvalue weighted by atomic mass is 10.2. The van der Waals surface area contributed by atoms with Crippen molar-refractivity contribution < 1.29 is 0 Å². The second-order valence-electron chi connectivity index (χ2n) is 3.89. The second-order valence-corrected chi connectivity index (χ2v) is 5.18. The van der Waals surface area contributed by atoms with Crippen LogP contribution in [0.2, 0.25) is 0 Å². The van der Waals surface area contributed by atoms with Gasteiger partial charge in [0, 0.05) is 12.4 Å². The quantitative estimate of drug-likeness (QED) is 0.612. The number of thiophene rings is 1. The molecule has 0 aliphatic rings. The topological polar surface area (TPSA) is 37.8 Å². The van der Waals surface area contributed by atoms with Crippen molar-refractivity contribution in [1.82, 2.24) is 9.97 Å². The molecule has 0 atom stereocenters. The summed E-state index contributed by atoms with van der Waals surface area (Å²) in [6.45, 7) is 0.965. The standard InChI is InChI=1S/C12H16ClN3S/c13-6-3-1-2-4-7-14-12-11-10(5-8-17-11)15-9-16-12/h5,8-9H,1-4,6-7H2,(H,14,15,16). The number of hydrogen-bond donors (Lipinski definition) is 1. The predicted molar refractivity (Wildman–Crippen MR) is 75.1 cm³/mol. The predicted octanol–water partition coefficient (Wildman–Crippen LogP) is 3.90. The van der Waals surface area contributed by atoms with Gasteiger partial charge in [0.2, 0.25) is 0 Å². The third-order valence-electron chi connectivity index (χ3n) is 2.60. The van der Waals surface area contributed by atoms with Gasteiger partial charge in [-0.2, -0.15) is 0 Å². The fraction of sp³-hybridized carbons (Fsp3) is 0.500. The molecule has 5 heteroatoms. The molecule has 0 aromatic carbocycles. The maximum Gasteiger partial charge on any atom is 0.147 e. The Bertz CT molecular complexity index is 458. The van der Waals surface area contributed by atoms with E-state index in [9.17, 15) is 0 Å². The summed E-state index contributed by atoms with van der Waals surface area (Å²) in [4.78, 5) is 8.50. The average molecular weight is 270 g/mol. The van der Waals surface area contributed by atoms with E-state index in [4.69, 9.17) is 11.6 Å². The summed E-state index contributed by atoms with van der Waals surface area (Å²) >= 11 is 7.31. The molecule has 0 fully saturated rings. The summed E-state index contributed by atoms with van der Waals surface area (Å²) in [6.07, 6.45) is 6.32. The second kappa shape index (κ2) is 6.77. The number of aromatic nitrogens is 2. The first-order chi connectivity index (χ1) is 8.42. The zero-order chi connectivity index (χ0) is 11.9. The highest BCUT2D eigenvalue weighted by atomic mass is 35.5. The molecule has 0 amide bonds. The Balaban J connectivity index is 1.80. The van der Waals surface area contributed by atoms with Crippen molar-refractivity contribution in [2.24, 2.45) is 0 Å². The number of alkyl halides is 1. The number of nitrogens with one attached hydrogen (secondary N) is 1. The third kappa shape index (κ3) is 3.54. The maximum absolute atomic E-state index is 5.63. The molecule has 2 aromatic rings. The molecule has 0 saturated heterocycles. The number of halogens is 1. The zero-order valence-electron chi connectivity index (χ0n) is 9.66. The van der Waals surface area contributed by atoms with E-state index in [1.165, 1.54) is 12.8 Å². The Morgan fingerprint density at radius 1 is 1.18 bits per heavy atom. The summed E-state index contributed by atoms with van der Waals surface area (Å²) in [5.41, 5.74) is 1.02. The minimum atomic E-state index is 0.773. The lowest BCUT2D eigenvalue weighted by molar-refractivity contribution is 0.687. The first-order valence-electron chi connectivity index (χ1n) is 5.90. The molecule has 0 radical (unpaired) electrons. The SMILES string of the molecule is ClCCCCCCNc1ncnc2ccsc12. The van der Waals surface area contributed by atoms with E-state index < -0.39 is 0 Å². The number of anilines is 1. The molecular weight excluding hydrogens is 254 g/mol. The van der Waals surface area contributed by atoms with Crippen molar-refractivity contribution in [3.05, 3.63) is 17.8 Å². The minimum Gasteiger partial charge on any atom is -0.369 e. The number of nitrogens with zero attached hydrogens (tertiary/aromatic N) is 2. The summed E-state index contributed by atoms with van der Waals surface area (Å²) in [7, 11) is 0. The average Bonchev–Trinajstić information content (AvgIpc) is 2.82. The van der Waals surface area contributed by atoms with Crippen LogP contribution in [0.3, 0.4) is 0 Å². The van der Waals surface area contributed by atoms with E-state index in [-0.39, 0.29) is 0 Å². The number of hydrogen-bond acceptors (Lipinski definition) is 4. The first-order valence-corrected chi connectivity index (χ1v) is 7.31. The molecule has 0 saturated carbocycles. The van der Waals surface area contributed by atoms with E-state index in [0.29, 0.717) is 0 Å². The highest BCUT2D eigenvalue weighted by molar-refractivity contribution is 7.17. The molecule has 17 heavy (non-hydrogen) atoms. The van der Waals surface area contributed by atoms with E-state index in [0.717, 1.165) is 41.3 Å². The number of rotatable bonds is 7. The first kappa shape index (κ1) is 12.6. The molecular formula is C12H16ClN3S. The van der Waals surface area contributed by atoms with E-state index in [1.807, 2.05) is 11.4 Å². The van der Waals surface area contributed by atoms with Crippen LogP contribution in [0.4, 0.5) is 5.82 Å². The van der Waals surface area contributed by atoms with Gasteiger partial charge in [-0.25, -0.2) is 9.97 Å². The Morgan fingerprint density at radius 2 is 2.06 bits per heavy atom. The normalized spacial score (nSPS) is 10.9. The monoisotopic (exact) mass is 269 g/mol. The van der Waals surface area contributed by atoms with Gasteiger partial charge in [-0.05, 0) is 24.3 Å². The van der Waals surface area contributed by atoms with Crippen LogP contribution in [0.5, 0.6) is 0 Å². The fourth-order valence-corrected chi connectivity index (χ4v) is 2.69. The van der Waals surface area contributed by atoms with Gasteiger partial charge >= 0.3 is 0 Å². The van der Waals surface area contributed by atoms with Gasteiger partial charge in [0.1, 0.15) is 12.1 Å². The van der Waals surface area contributed by atoms with Gasteiger partial charge in [0.25, 0.3) is 0 Å². The van der Waals surface area contributed by atoms with Gasteiger partial charge in [0.15, 0.2) is 0 Å². The molecule has 0 bridgehead atoms. The molecule has 0 spiro atoms. The van der Waals surface area contributed by atoms with E-state index in [2.05, 4.69) is 15.3 Å². The molecule has 92 valence electrons. The molecule has 2 heterocycles. The van der Waals surface area contributed by atoms with E-state index in [1.54, 1.807) is 17.7 Å². The summed E-state index contributed by atoms with van der Waals surface area (Å²) < 4.78 is 1.15. The highest BCUT2D eigenvalue weighted by Crippen LogP contribution is 2.24. The van der Waals surface area contributed by atoms with Crippen LogP contribution in [0.15, 0.2) is 17.8 Å². The van der Waals surface area contributed by atoms with Crippen molar-refractivity contribution in [3.8, 4) is 0 Å². The molecule has 2 aromatic heterocycles. The zero-order valence-corrected chi connectivity index (χ0v) is 11.2. The van der Waals surface area contributed by atoms with Gasteiger partial charge in [-0.1, -0.05) is 12.8 Å². The van der Waals surface area contributed by atoms with Gasteiger partial charge in [-0.15, -0.1) is 22.9 Å². The van der Waals surface area contributed by atoms with Crippen LogP contribution in [0.25, 0.3) is 10.2 Å². The molecule has 0 aliphatic heterocycles. The number of fused-ring (bicyclic) bond motifs is 1. The molecule has 3 nitrogen and oxygen atoms in total. The lowest BCUT2D eigenvalue weighted by Crippen LogP contribution is -2.03. The summed E-state index contributed by atoms with van der Waals surface area (Å²) in [5, 5.41) is 5.42. The molecule has 0 aliphatic carbocycles. The summed E-state index contributed by atoms with van der Waals surface area (Å²) in [5.74, 6) is 1.73. The Morgan fingerprint density at radius 3 is 2.94 bits per heavy atom. The molecule has 0 unspecified atom stereocenters. The van der Waals surface area contributed by atoms with Crippen molar-refractivity contribution >= 4 is 39.0 Å². The fourth-order valence-electron chi connectivity index (χ4n) is 1.69. The van der Waals surface area contributed by atoms with Gasteiger partial charge in [0.05, 0.1) is 10.2 Å². The Kier molecular flexibility index (Phi) is 5.01. The van der Waals surface area contributed by atoms with Crippen molar-refractivity contribution in [1.29, 1.82) is 0 Å². The van der Waals surface area contributed by atoms with E-state index >= 15 is 0 Å². The van der Waals surface area contributed by atoms with Crippen LogP contribution < -0.4 is 5.32 Å². The van der Waals surface area contributed by atoms with Crippen LogP contribution in [0.1, 0.15) is 25.7 Å². The van der Waals surface area contributed by atoms with Crippen LogP contribution in [0, 0.1) is 0 Å². The number of unbranched alkanes of at least 4 members (excludes halogenated alkanes) is 3. The van der Waals surface area contributed by atoms with Crippen molar-refractivity contribution in [2.45, 2.75) is 25.7 Å². The smallest absolute Gasteiger partial charge is 0.147 e. The molecule has 2 rings (SSSR count). The third-order valence-corrected chi connectivity index (χ3v) is 3.77. The van der Waals surface area contributed by atoms with Gasteiger partial charge in [-0.3, -0.25) is 0 Å². The van der Waals surface area contributed by atoms with Crippen LogP contribution in [-0.4, -0.2) is 22.4 Å². The largest absolute Gasteiger partial charge is 0.369 e. The van der Waals surface area contributed by atoms with Crippen molar-refractivity contribution in [2.75, 3.05) is 17.7 Å². The van der Waals surface area contributed by atoms with Crippen LogP contribution in [-0.2, 0) is 0 Å². The van der Waals surface area contributed by atoms with Gasteiger partial charge < -0.3 is 5.32 Å².